The Morgan fingerprint density at radius 2 is 1.33 bits per heavy atom. The molecule has 0 atom stereocenters. The molecule has 0 aliphatic rings. The van der Waals surface area contributed by atoms with Crippen LogP contribution in [0.25, 0.3) is 11.1 Å². The second-order valence-corrected chi connectivity index (χ2v) is 6.50. The van der Waals surface area contributed by atoms with Gasteiger partial charge in [-0.25, -0.2) is 0 Å². The fourth-order valence-corrected chi connectivity index (χ4v) is 3.01. The average Bonchev–Trinajstić information content (AvgIpc) is 2.62. The molecule has 0 aliphatic carbocycles. The predicted molar refractivity (Wildman–Crippen MR) is 101 cm³/mol. The van der Waals surface area contributed by atoms with Crippen molar-refractivity contribution >= 4 is 5.78 Å². The van der Waals surface area contributed by atoms with E-state index in [2.05, 4.69) is 39.0 Å². The van der Waals surface area contributed by atoms with Gasteiger partial charge in [-0.2, -0.15) is 0 Å². The van der Waals surface area contributed by atoms with Crippen molar-refractivity contribution in [3.8, 4) is 11.1 Å². The summed E-state index contributed by atoms with van der Waals surface area (Å²) in [6, 6.07) is 23.9. The molecule has 0 bridgehead atoms. The van der Waals surface area contributed by atoms with Crippen LogP contribution in [0, 0.1) is 6.92 Å². The number of hydrogen-bond acceptors (Lipinski definition) is 1. The second kappa shape index (κ2) is 6.84. The van der Waals surface area contributed by atoms with E-state index in [0.717, 1.165) is 16.7 Å². The van der Waals surface area contributed by atoms with Crippen LogP contribution < -0.4 is 0 Å². The highest BCUT2D eigenvalue weighted by Crippen LogP contribution is 2.27. The molecule has 0 aliphatic heterocycles. The van der Waals surface area contributed by atoms with Gasteiger partial charge < -0.3 is 0 Å². The molecule has 3 aromatic rings. The largest absolute Gasteiger partial charge is 0.289 e. The second-order valence-electron chi connectivity index (χ2n) is 6.50. The minimum atomic E-state index is 0.0638. The Kier molecular flexibility index (Phi) is 4.61. The monoisotopic (exact) mass is 314 g/mol. The van der Waals surface area contributed by atoms with Crippen LogP contribution in [-0.4, -0.2) is 5.78 Å². The smallest absolute Gasteiger partial charge is 0.193 e. The first-order valence-corrected chi connectivity index (χ1v) is 8.37. The maximum absolute atomic E-state index is 12.5. The third-order valence-corrected chi connectivity index (χ3v) is 4.42. The zero-order valence-corrected chi connectivity index (χ0v) is 14.4. The maximum Gasteiger partial charge on any atom is 0.193 e. The Hall–Kier alpha value is -2.67. The van der Waals surface area contributed by atoms with E-state index in [1.807, 2.05) is 54.6 Å². The number of ketones is 1. The standard InChI is InChI=1S/C23H22O/c1-16(2)22-15-21(10-9-17(22)3)18-11-13-20(14-12-18)23(24)19-7-5-4-6-8-19/h4-16H,1-3H3. The van der Waals surface area contributed by atoms with Gasteiger partial charge in [-0.05, 0) is 35.1 Å². The third-order valence-electron chi connectivity index (χ3n) is 4.42. The van der Waals surface area contributed by atoms with Gasteiger partial charge in [-0.15, -0.1) is 0 Å². The Balaban J connectivity index is 1.90. The van der Waals surface area contributed by atoms with Crippen molar-refractivity contribution in [3.63, 3.8) is 0 Å². The number of carbonyl (C=O) groups excluding carboxylic acids is 1. The molecular weight excluding hydrogens is 292 g/mol. The topological polar surface area (TPSA) is 17.1 Å². The van der Waals surface area contributed by atoms with E-state index in [9.17, 15) is 4.79 Å². The van der Waals surface area contributed by atoms with Crippen LogP contribution in [0.3, 0.4) is 0 Å². The SMILES string of the molecule is Cc1ccc(-c2ccc(C(=O)c3ccccc3)cc2)cc1C(C)C. The van der Waals surface area contributed by atoms with Gasteiger partial charge in [-0.1, -0.05) is 86.6 Å². The summed E-state index contributed by atoms with van der Waals surface area (Å²) in [5.41, 5.74) is 6.48. The number of benzene rings is 3. The molecule has 3 rings (SSSR count). The number of carbonyl (C=O) groups is 1. The van der Waals surface area contributed by atoms with Crippen molar-refractivity contribution in [1.82, 2.24) is 0 Å². The highest BCUT2D eigenvalue weighted by molar-refractivity contribution is 6.09. The summed E-state index contributed by atoms with van der Waals surface area (Å²) in [6.45, 7) is 6.59. The minimum Gasteiger partial charge on any atom is -0.289 e. The van der Waals surface area contributed by atoms with Crippen LogP contribution in [0.5, 0.6) is 0 Å². The molecule has 0 saturated carbocycles. The summed E-state index contributed by atoms with van der Waals surface area (Å²) in [4.78, 5) is 12.5. The Bertz CT molecular complexity index is 843. The Labute approximate surface area is 144 Å². The summed E-state index contributed by atoms with van der Waals surface area (Å²) in [7, 11) is 0. The lowest BCUT2D eigenvalue weighted by atomic mass is 9.93. The van der Waals surface area contributed by atoms with Gasteiger partial charge in [-0.3, -0.25) is 4.79 Å². The molecule has 120 valence electrons. The van der Waals surface area contributed by atoms with Crippen molar-refractivity contribution in [2.45, 2.75) is 26.7 Å². The zero-order chi connectivity index (χ0) is 17.1. The molecule has 0 amide bonds. The highest BCUT2D eigenvalue weighted by atomic mass is 16.1. The van der Waals surface area contributed by atoms with Crippen molar-refractivity contribution in [2.75, 3.05) is 0 Å². The molecular formula is C23H22O. The molecule has 0 radical (unpaired) electrons. The lowest BCUT2D eigenvalue weighted by molar-refractivity contribution is 0.103. The molecule has 0 N–H and O–H groups in total. The van der Waals surface area contributed by atoms with Crippen LogP contribution in [0.1, 0.15) is 46.8 Å². The van der Waals surface area contributed by atoms with Crippen LogP contribution in [0.2, 0.25) is 0 Å². The van der Waals surface area contributed by atoms with Gasteiger partial charge in [0.15, 0.2) is 5.78 Å². The third kappa shape index (κ3) is 3.30. The van der Waals surface area contributed by atoms with E-state index in [1.54, 1.807) is 0 Å². The lowest BCUT2D eigenvalue weighted by Crippen LogP contribution is -2.00. The molecule has 0 fully saturated rings. The quantitative estimate of drug-likeness (QED) is 0.538. The molecule has 0 heterocycles. The van der Waals surface area contributed by atoms with E-state index in [4.69, 9.17) is 0 Å². The zero-order valence-electron chi connectivity index (χ0n) is 14.4. The van der Waals surface area contributed by atoms with Crippen LogP contribution in [-0.2, 0) is 0 Å². The van der Waals surface area contributed by atoms with E-state index >= 15 is 0 Å². The lowest BCUT2D eigenvalue weighted by Gasteiger charge is -2.12. The van der Waals surface area contributed by atoms with Crippen molar-refractivity contribution in [3.05, 3.63) is 95.1 Å². The molecule has 3 aromatic carbocycles. The number of rotatable bonds is 4. The fourth-order valence-electron chi connectivity index (χ4n) is 3.01. The van der Waals surface area contributed by atoms with Crippen molar-refractivity contribution in [1.29, 1.82) is 0 Å². The van der Waals surface area contributed by atoms with Crippen LogP contribution >= 0.6 is 0 Å². The minimum absolute atomic E-state index is 0.0638. The van der Waals surface area contributed by atoms with Crippen molar-refractivity contribution in [2.24, 2.45) is 0 Å². The first kappa shape index (κ1) is 16.2. The molecule has 24 heavy (non-hydrogen) atoms. The normalized spacial score (nSPS) is 10.8. The Morgan fingerprint density at radius 1 is 0.750 bits per heavy atom. The molecule has 1 heteroatoms. The highest BCUT2D eigenvalue weighted by Gasteiger charge is 2.10. The summed E-state index contributed by atoms with van der Waals surface area (Å²) in [6.07, 6.45) is 0. The first-order valence-electron chi connectivity index (χ1n) is 8.37. The van der Waals surface area contributed by atoms with E-state index < -0.39 is 0 Å². The molecule has 0 aromatic heterocycles. The van der Waals surface area contributed by atoms with E-state index in [0.29, 0.717) is 5.92 Å². The maximum atomic E-state index is 12.5. The van der Waals surface area contributed by atoms with Crippen molar-refractivity contribution < 1.29 is 4.79 Å². The summed E-state index contributed by atoms with van der Waals surface area (Å²) in [5.74, 6) is 0.567. The van der Waals surface area contributed by atoms with Gasteiger partial charge in [0, 0.05) is 11.1 Å². The molecule has 0 saturated heterocycles. The summed E-state index contributed by atoms with van der Waals surface area (Å²) < 4.78 is 0. The Morgan fingerprint density at radius 3 is 1.96 bits per heavy atom. The predicted octanol–water partition coefficient (Wildman–Crippen LogP) is 6.02. The summed E-state index contributed by atoms with van der Waals surface area (Å²) in [5, 5.41) is 0. The van der Waals surface area contributed by atoms with E-state index in [-0.39, 0.29) is 5.78 Å². The fraction of sp³-hybridized carbons (Fsp3) is 0.174. The van der Waals surface area contributed by atoms with Gasteiger partial charge in [0.1, 0.15) is 0 Å². The average molecular weight is 314 g/mol. The molecule has 1 nitrogen and oxygen atoms in total. The molecule has 0 unspecified atom stereocenters. The van der Waals surface area contributed by atoms with E-state index in [1.165, 1.54) is 16.7 Å². The number of hydrogen-bond donors (Lipinski definition) is 0. The van der Waals surface area contributed by atoms with Gasteiger partial charge in [0.25, 0.3) is 0 Å². The van der Waals surface area contributed by atoms with Crippen LogP contribution in [0.15, 0.2) is 72.8 Å². The van der Waals surface area contributed by atoms with Gasteiger partial charge in [0.05, 0.1) is 0 Å². The summed E-state index contributed by atoms with van der Waals surface area (Å²) >= 11 is 0. The first-order chi connectivity index (χ1) is 11.6. The molecule has 0 spiro atoms. The van der Waals surface area contributed by atoms with Gasteiger partial charge in [0.2, 0.25) is 0 Å². The van der Waals surface area contributed by atoms with Gasteiger partial charge >= 0.3 is 0 Å². The number of aryl methyl sites for hydroxylation is 1. The van der Waals surface area contributed by atoms with Crippen LogP contribution in [0.4, 0.5) is 0 Å².